The second-order valence-electron chi connectivity index (χ2n) is 2.61. The Balaban J connectivity index is 3.02. The van der Waals surface area contributed by atoms with Gasteiger partial charge in [-0.1, -0.05) is 5.11 Å². The Kier molecular flexibility index (Phi) is 5.04. The zero-order valence-corrected chi connectivity index (χ0v) is 10.8. The van der Waals surface area contributed by atoms with Crippen molar-refractivity contribution in [2.75, 3.05) is 6.61 Å². The van der Waals surface area contributed by atoms with Gasteiger partial charge in [-0.3, -0.25) is 0 Å². The van der Waals surface area contributed by atoms with Gasteiger partial charge >= 0.3 is 5.97 Å². The highest BCUT2D eigenvalue weighted by Crippen LogP contribution is 2.24. The average Bonchev–Trinajstić information content (AvgIpc) is 2.64. The molecule has 0 atom stereocenters. The fourth-order valence-electron chi connectivity index (χ4n) is 0.923. The number of halogens is 1. The van der Waals surface area contributed by atoms with Crippen molar-refractivity contribution in [2.24, 2.45) is 5.11 Å². The third-order valence-corrected chi connectivity index (χ3v) is 3.32. The lowest BCUT2D eigenvalue weighted by Gasteiger charge is -2.00. The number of azide groups is 1. The number of thiophene rings is 1. The molecule has 0 saturated heterocycles. The van der Waals surface area contributed by atoms with Crippen LogP contribution in [0.4, 0.5) is 0 Å². The van der Waals surface area contributed by atoms with Crippen LogP contribution in [0.2, 0.25) is 0 Å². The van der Waals surface area contributed by atoms with Crippen molar-refractivity contribution >= 4 is 39.3 Å². The Labute approximate surface area is 104 Å². The minimum absolute atomic E-state index is 0.0524. The van der Waals surface area contributed by atoms with E-state index in [0.29, 0.717) is 0 Å². The first-order valence-corrected chi connectivity index (χ1v) is 6.08. The van der Waals surface area contributed by atoms with Crippen LogP contribution >= 0.6 is 27.3 Å². The van der Waals surface area contributed by atoms with Gasteiger partial charge in [0.05, 0.1) is 6.61 Å². The van der Waals surface area contributed by atoms with E-state index < -0.39 is 5.97 Å². The van der Waals surface area contributed by atoms with Crippen LogP contribution in [-0.2, 0) is 9.53 Å². The molecular formula is C9H8BrN3O2S. The summed E-state index contributed by atoms with van der Waals surface area (Å²) in [6, 6.07) is 0. The lowest BCUT2D eigenvalue weighted by Crippen LogP contribution is -2.05. The fourth-order valence-corrected chi connectivity index (χ4v) is 2.29. The fraction of sp³-hybridized carbons (Fsp3) is 0.222. The van der Waals surface area contributed by atoms with E-state index in [-0.39, 0.29) is 12.3 Å². The summed E-state index contributed by atoms with van der Waals surface area (Å²) in [6.45, 7) is 1.92. The molecule has 0 spiro atoms. The van der Waals surface area contributed by atoms with Gasteiger partial charge in [0.15, 0.2) is 0 Å². The molecule has 0 aliphatic carbocycles. The van der Waals surface area contributed by atoms with Gasteiger partial charge in [-0.25, -0.2) is 4.79 Å². The third-order valence-electron chi connectivity index (χ3n) is 1.57. The van der Waals surface area contributed by atoms with E-state index >= 15 is 0 Å². The van der Waals surface area contributed by atoms with Crippen molar-refractivity contribution in [2.45, 2.75) is 6.92 Å². The van der Waals surface area contributed by atoms with E-state index in [1.165, 1.54) is 17.4 Å². The number of nitrogens with zero attached hydrogens (tertiary/aromatic N) is 3. The van der Waals surface area contributed by atoms with Crippen LogP contribution in [-0.4, -0.2) is 12.6 Å². The standard InChI is InChI=1S/C9H8BrN3O2S/c1-2-15-9(14)8(12-13-11)3-6-4-16-5-7(6)10/h3-5H,2H2,1H3. The lowest BCUT2D eigenvalue weighted by molar-refractivity contribution is -0.138. The van der Waals surface area contributed by atoms with Gasteiger partial charge in [-0.2, -0.15) is 11.3 Å². The summed E-state index contributed by atoms with van der Waals surface area (Å²) in [6.07, 6.45) is 1.48. The topological polar surface area (TPSA) is 75.1 Å². The van der Waals surface area contributed by atoms with E-state index in [9.17, 15) is 4.79 Å². The van der Waals surface area contributed by atoms with Crippen LogP contribution in [0.1, 0.15) is 12.5 Å². The first-order chi connectivity index (χ1) is 7.69. The number of esters is 1. The van der Waals surface area contributed by atoms with Gasteiger partial charge < -0.3 is 4.74 Å². The molecule has 0 N–H and O–H groups in total. The first-order valence-electron chi connectivity index (χ1n) is 4.34. The molecule has 1 rings (SSSR count). The van der Waals surface area contributed by atoms with Crippen LogP contribution in [0.25, 0.3) is 16.5 Å². The van der Waals surface area contributed by atoms with E-state index in [0.717, 1.165) is 10.0 Å². The third kappa shape index (κ3) is 3.37. The smallest absolute Gasteiger partial charge is 0.340 e. The number of carbonyl (C=O) groups excluding carboxylic acids is 1. The average molecular weight is 302 g/mol. The molecular weight excluding hydrogens is 294 g/mol. The molecule has 1 aromatic rings. The molecule has 1 heterocycles. The van der Waals surface area contributed by atoms with Crippen LogP contribution in [0, 0.1) is 0 Å². The first kappa shape index (κ1) is 12.8. The van der Waals surface area contributed by atoms with Gasteiger partial charge in [-0.05, 0) is 39.8 Å². The number of ether oxygens (including phenoxy) is 1. The molecule has 0 bridgehead atoms. The van der Waals surface area contributed by atoms with Gasteiger partial charge in [0.25, 0.3) is 0 Å². The van der Waals surface area contributed by atoms with Crippen LogP contribution in [0.3, 0.4) is 0 Å². The van der Waals surface area contributed by atoms with Crippen molar-refractivity contribution in [3.05, 3.63) is 36.9 Å². The number of carbonyl (C=O) groups is 1. The molecule has 0 radical (unpaired) electrons. The highest BCUT2D eigenvalue weighted by atomic mass is 79.9. The maximum absolute atomic E-state index is 11.4. The largest absolute Gasteiger partial charge is 0.462 e. The molecule has 1 aromatic heterocycles. The Hall–Kier alpha value is -1.30. The van der Waals surface area contributed by atoms with Gasteiger partial charge in [0.1, 0.15) is 5.70 Å². The van der Waals surface area contributed by atoms with Crippen LogP contribution < -0.4 is 0 Å². The SMILES string of the molecule is CCOC(=O)C(=Cc1cscc1Br)N=[N+]=[N-]. The lowest BCUT2D eigenvalue weighted by atomic mass is 10.3. The highest BCUT2D eigenvalue weighted by molar-refractivity contribution is 9.10. The van der Waals surface area contributed by atoms with E-state index in [1.54, 1.807) is 6.92 Å². The number of hydrogen-bond acceptors (Lipinski definition) is 4. The van der Waals surface area contributed by atoms with Crippen molar-refractivity contribution in [1.82, 2.24) is 0 Å². The molecule has 0 saturated carbocycles. The molecule has 5 nitrogen and oxygen atoms in total. The Morgan fingerprint density at radius 3 is 3.00 bits per heavy atom. The van der Waals surface area contributed by atoms with E-state index in [2.05, 4.69) is 26.0 Å². The van der Waals surface area contributed by atoms with Crippen LogP contribution in [0.5, 0.6) is 0 Å². The normalized spacial score (nSPS) is 10.8. The molecule has 0 aliphatic rings. The highest BCUT2D eigenvalue weighted by Gasteiger charge is 2.09. The second kappa shape index (κ2) is 6.32. The quantitative estimate of drug-likeness (QED) is 0.279. The Morgan fingerprint density at radius 2 is 2.50 bits per heavy atom. The number of rotatable bonds is 4. The maximum atomic E-state index is 11.4. The minimum Gasteiger partial charge on any atom is -0.462 e. The predicted octanol–water partition coefficient (Wildman–Crippen LogP) is 3.72. The van der Waals surface area contributed by atoms with E-state index in [4.69, 9.17) is 10.3 Å². The predicted molar refractivity (Wildman–Crippen MR) is 65.8 cm³/mol. The zero-order chi connectivity index (χ0) is 12.0. The van der Waals surface area contributed by atoms with E-state index in [1.807, 2.05) is 10.8 Å². The molecule has 84 valence electrons. The summed E-state index contributed by atoms with van der Waals surface area (Å²) in [5.41, 5.74) is 9.08. The molecule has 0 unspecified atom stereocenters. The Morgan fingerprint density at radius 1 is 1.75 bits per heavy atom. The Bertz CT molecular complexity index is 463. The summed E-state index contributed by atoms with van der Waals surface area (Å²) in [5, 5.41) is 7.00. The summed E-state index contributed by atoms with van der Waals surface area (Å²) in [4.78, 5) is 14.0. The molecule has 7 heteroatoms. The number of hydrogen-bond donors (Lipinski definition) is 0. The minimum atomic E-state index is -0.626. The summed E-state index contributed by atoms with van der Waals surface area (Å²) < 4.78 is 5.60. The van der Waals surface area contributed by atoms with Crippen LogP contribution in [0.15, 0.2) is 26.0 Å². The summed E-state index contributed by atoms with van der Waals surface area (Å²) in [7, 11) is 0. The molecule has 0 aromatic carbocycles. The molecule has 16 heavy (non-hydrogen) atoms. The second-order valence-corrected chi connectivity index (χ2v) is 4.21. The van der Waals surface area contributed by atoms with Crippen molar-refractivity contribution < 1.29 is 9.53 Å². The zero-order valence-electron chi connectivity index (χ0n) is 8.38. The van der Waals surface area contributed by atoms with Gasteiger partial charge in [0.2, 0.25) is 0 Å². The van der Waals surface area contributed by atoms with Gasteiger partial charge in [-0.15, -0.1) is 0 Å². The molecule has 0 aliphatic heterocycles. The molecule has 0 fully saturated rings. The summed E-state index contributed by atoms with van der Waals surface area (Å²) in [5.74, 6) is -0.626. The van der Waals surface area contributed by atoms with Crippen molar-refractivity contribution in [1.29, 1.82) is 0 Å². The summed E-state index contributed by atoms with van der Waals surface area (Å²) >= 11 is 4.79. The molecule has 0 amide bonds. The maximum Gasteiger partial charge on any atom is 0.340 e. The van der Waals surface area contributed by atoms with Crippen molar-refractivity contribution in [3.63, 3.8) is 0 Å². The van der Waals surface area contributed by atoms with Gasteiger partial charge in [0, 0.05) is 20.3 Å². The van der Waals surface area contributed by atoms with Crippen molar-refractivity contribution in [3.8, 4) is 0 Å². The monoisotopic (exact) mass is 301 g/mol.